The Morgan fingerprint density at radius 3 is 2.38 bits per heavy atom. The van der Waals surface area contributed by atoms with Crippen molar-refractivity contribution in [1.82, 2.24) is 10.6 Å². The van der Waals surface area contributed by atoms with Gasteiger partial charge in [0.05, 0.1) is 26.2 Å². The van der Waals surface area contributed by atoms with E-state index in [1.54, 1.807) is 12.1 Å². The maximum Gasteiger partial charge on any atom is 0.321 e. The van der Waals surface area contributed by atoms with Crippen molar-refractivity contribution in [3.8, 4) is 0 Å². The zero-order valence-electron chi connectivity index (χ0n) is 15.3. The number of quaternary nitrogens is 1. The van der Waals surface area contributed by atoms with Gasteiger partial charge >= 0.3 is 6.03 Å². The summed E-state index contributed by atoms with van der Waals surface area (Å²) < 4.78 is 13.0. The highest BCUT2D eigenvalue weighted by atomic mass is 19.1. The molecule has 1 aromatic carbocycles. The van der Waals surface area contributed by atoms with E-state index in [1.165, 1.54) is 12.1 Å². The highest BCUT2D eigenvalue weighted by Gasteiger charge is 2.30. The molecular weight excluding hydrogens is 335 g/mol. The van der Waals surface area contributed by atoms with Gasteiger partial charge in [0.25, 0.3) is 5.91 Å². The summed E-state index contributed by atoms with van der Waals surface area (Å²) in [5.74, 6) is -0.468. The Bertz CT molecular complexity index is 623. The highest BCUT2D eigenvalue weighted by molar-refractivity contribution is 5.96. The second kappa shape index (κ2) is 8.49. The van der Waals surface area contributed by atoms with Crippen molar-refractivity contribution in [1.29, 1.82) is 0 Å². The van der Waals surface area contributed by atoms with Crippen LogP contribution in [0.15, 0.2) is 24.3 Å². The SMILES string of the molecule is C[C@@H](C(=O)NC(=O)NC1CCCC1)[NH+]1CCN(c2ccc(F)cc2)CC1. The molecule has 0 aromatic heterocycles. The van der Waals surface area contributed by atoms with Crippen molar-refractivity contribution in [2.45, 2.75) is 44.7 Å². The normalized spacial score (nSPS) is 20.0. The lowest BCUT2D eigenvalue weighted by Crippen LogP contribution is -3.19. The summed E-state index contributed by atoms with van der Waals surface area (Å²) >= 11 is 0. The first-order valence-electron chi connectivity index (χ1n) is 9.49. The van der Waals surface area contributed by atoms with Gasteiger partial charge in [-0.3, -0.25) is 10.1 Å². The van der Waals surface area contributed by atoms with Gasteiger partial charge in [0.15, 0.2) is 6.04 Å². The van der Waals surface area contributed by atoms with Crippen molar-refractivity contribution in [2.24, 2.45) is 0 Å². The third-order valence-electron chi connectivity index (χ3n) is 5.53. The van der Waals surface area contributed by atoms with Gasteiger partial charge in [-0.2, -0.15) is 0 Å². The van der Waals surface area contributed by atoms with Gasteiger partial charge in [-0.15, -0.1) is 0 Å². The van der Waals surface area contributed by atoms with E-state index in [2.05, 4.69) is 15.5 Å². The van der Waals surface area contributed by atoms with Gasteiger partial charge in [0.2, 0.25) is 0 Å². The number of piperazine rings is 1. The molecular formula is C19H28FN4O2+. The maximum absolute atomic E-state index is 13.0. The minimum Gasteiger partial charge on any atom is -0.360 e. The fourth-order valence-electron chi connectivity index (χ4n) is 3.83. The smallest absolute Gasteiger partial charge is 0.321 e. The summed E-state index contributed by atoms with van der Waals surface area (Å²) in [6.07, 6.45) is 4.26. The highest BCUT2D eigenvalue weighted by Crippen LogP contribution is 2.17. The van der Waals surface area contributed by atoms with Crippen LogP contribution in [-0.4, -0.2) is 50.2 Å². The Morgan fingerprint density at radius 2 is 1.77 bits per heavy atom. The van der Waals surface area contributed by atoms with Crippen LogP contribution in [0, 0.1) is 5.82 Å². The van der Waals surface area contributed by atoms with Gasteiger partial charge in [-0.25, -0.2) is 9.18 Å². The summed E-state index contributed by atoms with van der Waals surface area (Å²) in [5.41, 5.74) is 0.999. The fraction of sp³-hybridized carbons (Fsp3) is 0.579. The molecule has 3 N–H and O–H groups in total. The monoisotopic (exact) mass is 363 g/mol. The molecule has 3 amide bonds. The van der Waals surface area contributed by atoms with Crippen molar-refractivity contribution >= 4 is 17.6 Å². The zero-order valence-corrected chi connectivity index (χ0v) is 15.3. The summed E-state index contributed by atoms with van der Waals surface area (Å²) in [4.78, 5) is 27.7. The molecule has 0 bridgehead atoms. The molecule has 1 saturated heterocycles. The Kier molecular flexibility index (Phi) is 6.08. The average molecular weight is 363 g/mol. The summed E-state index contributed by atoms with van der Waals surface area (Å²) in [7, 11) is 0. The topological polar surface area (TPSA) is 65.9 Å². The number of urea groups is 1. The second-order valence-electron chi connectivity index (χ2n) is 7.29. The molecule has 1 aliphatic heterocycles. The van der Waals surface area contributed by atoms with Crippen molar-refractivity contribution < 1.29 is 18.9 Å². The molecule has 0 unspecified atom stereocenters. The van der Waals surface area contributed by atoms with Crippen LogP contribution in [0.1, 0.15) is 32.6 Å². The molecule has 1 aliphatic carbocycles. The molecule has 2 aliphatic rings. The largest absolute Gasteiger partial charge is 0.360 e. The van der Waals surface area contributed by atoms with Gasteiger partial charge in [0.1, 0.15) is 5.82 Å². The number of halogens is 1. The lowest BCUT2D eigenvalue weighted by molar-refractivity contribution is -0.914. The molecule has 0 radical (unpaired) electrons. The third kappa shape index (κ3) is 4.72. The molecule has 1 aromatic rings. The number of anilines is 1. The van der Waals surface area contributed by atoms with E-state index < -0.39 is 0 Å². The Morgan fingerprint density at radius 1 is 1.15 bits per heavy atom. The van der Waals surface area contributed by atoms with Crippen LogP contribution in [0.4, 0.5) is 14.9 Å². The number of rotatable bonds is 4. The van der Waals surface area contributed by atoms with Crippen LogP contribution >= 0.6 is 0 Å². The fourth-order valence-corrected chi connectivity index (χ4v) is 3.83. The first kappa shape index (κ1) is 18.6. The van der Waals surface area contributed by atoms with Gasteiger partial charge < -0.3 is 15.1 Å². The van der Waals surface area contributed by atoms with E-state index in [1.807, 2.05) is 6.92 Å². The predicted molar refractivity (Wildman–Crippen MR) is 97.7 cm³/mol. The number of imide groups is 1. The van der Waals surface area contributed by atoms with Crippen LogP contribution < -0.4 is 20.4 Å². The Hall–Kier alpha value is -2.15. The number of carbonyl (C=O) groups excluding carboxylic acids is 2. The van der Waals surface area contributed by atoms with Crippen LogP contribution in [0.25, 0.3) is 0 Å². The number of benzene rings is 1. The second-order valence-corrected chi connectivity index (χ2v) is 7.29. The van der Waals surface area contributed by atoms with Crippen LogP contribution in [-0.2, 0) is 4.79 Å². The van der Waals surface area contributed by atoms with Gasteiger partial charge in [-0.1, -0.05) is 12.8 Å². The number of amides is 3. The van der Waals surface area contributed by atoms with Crippen molar-refractivity contribution in [3.05, 3.63) is 30.1 Å². The number of hydrogen-bond acceptors (Lipinski definition) is 3. The number of carbonyl (C=O) groups is 2. The van der Waals surface area contributed by atoms with Gasteiger partial charge in [0, 0.05) is 11.7 Å². The van der Waals surface area contributed by atoms with Crippen molar-refractivity contribution in [3.63, 3.8) is 0 Å². The van der Waals surface area contributed by atoms with E-state index in [4.69, 9.17) is 0 Å². The van der Waals surface area contributed by atoms with E-state index in [0.29, 0.717) is 0 Å². The standard InChI is InChI=1S/C19H27FN4O2/c1-14(18(25)22-19(26)21-16-4-2-3-5-16)23-10-12-24(13-11-23)17-8-6-15(20)7-9-17/h6-9,14,16H,2-5,10-13H2,1H3,(H2,21,22,25,26)/p+1/t14-/m0/s1. The lowest BCUT2D eigenvalue weighted by atomic mass is 10.2. The lowest BCUT2D eigenvalue weighted by Gasteiger charge is -2.35. The van der Waals surface area contributed by atoms with Crippen molar-refractivity contribution in [2.75, 3.05) is 31.1 Å². The Labute approximate surface area is 153 Å². The zero-order chi connectivity index (χ0) is 18.5. The summed E-state index contributed by atoms with van der Waals surface area (Å²) in [5, 5.41) is 5.37. The van der Waals surface area contributed by atoms with E-state index in [9.17, 15) is 14.0 Å². The molecule has 1 saturated carbocycles. The number of nitrogens with one attached hydrogen (secondary N) is 3. The maximum atomic E-state index is 13.0. The molecule has 7 heteroatoms. The predicted octanol–water partition coefficient (Wildman–Crippen LogP) is 0.687. The molecule has 142 valence electrons. The van der Waals surface area contributed by atoms with E-state index >= 15 is 0 Å². The minimum absolute atomic E-state index is 0.199. The van der Waals surface area contributed by atoms with Crippen LogP contribution in [0.2, 0.25) is 0 Å². The summed E-state index contributed by atoms with van der Waals surface area (Å²) in [6, 6.07) is 6.04. The van der Waals surface area contributed by atoms with E-state index in [-0.39, 0.29) is 29.8 Å². The molecule has 0 spiro atoms. The third-order valence-corrected chi connectivity index (χ3v) is 5.53. The first-order valence-corrected chi connectivity index (χ1v) is 9.49. The first-order chi connectivity index (χ1) is 12.5. The van der Waals surface area contributed by atoms with E-state index in [0.717, 1.165) is 62.4 Å². The quantitative estimate of drug-likeness (QED) is 0.737. The van der Waals surface area contributed by atoms with Crippen LogP contribution in [0.3, 0.4) is 0 Å². The number of hydrogen-bond donors (Lipinski definition) is 3. The van der Waals surface area contributed by atoms with Crippen LogP contribution in [0.5, 0.6) is 0 Å². The molecule has 3 rings (SSSR count). The minimum atomic E-state index is -0.377. The molecule has 26 heavy (non-hydrogen) atoms. The Balaban J connectivity index is 1.44. The molecule has 1 atom stereocenters. The van der Waals surface area contributed by atoms with Gasteiger partial charge in [-0.05, 0) is 44.0 Å². The summed E-state index contributed by atoms with van der Waals surface area (Å²) in [6.45, 7) is 5.06. The molecule has 6 nitrogen and oxygen atoms in total. The molecule has 2 fully saturated rings. The number of nitrogens with zero attached hydrogens (tertiary/aromatic N) is 1. The average Bonchev–Trinajstić information content (AvgIpc) is 3.14. The molecule has 1 heterocycles.